The number of rotatable bonds is 10. The molecule has 194 valence electrons. The first-order chi connectivity index (χ1) is 16.6. The van der Waals surface area contributed by atoms with Crippen LogP contribution in [0.5, 0.6) is 11.5 Å². The molecule has 1 atom stereocenters. The van der Waals surface area contributed by atoms with E-state index in [1.54, 1.807) is 24.3 Å². The van der Waals surface area contributed by atoms with Crippen molar-refractivity contribution in [2.24, 2.45) is 0 Å². The lowest BCUT2D eigenvalue weighted by molar-refractivity contribution is 0.0564. The van der Waals surface area contributed by atoms with Crippen molar-refractivity contribution in [1.29, 1.82) is 0 Å². The lowest BCUT2D eigenvalue weighted by atomic mass is 10.1. The zero-order chi connectivity index (χ0) is 26.8. The molecule has 0 aromatic heterocycles. The average molecular weight is 546 g/mol. The molecule has 0 radical (unpaired) electrons. The van der Waals surface area contributed by atoms with E-state index in [9.17, 15) is 32.1 Å². The highest BCUT2D eigenvalue weighted by atomic mass is 31.2. The summed E-state index contributed by atoms with van der Waals surface area (Å²) in [6.07, 6.45) is 0. The van der Waals surface area contributed by atoms with Gasteiger partial charge in [0.15, 0.2) is 0 Å². The third-order valence-electron chi connectivity index (χ3n) is 5.31. The second-order valence-electron chi connectivity index (χ2n) is 8.03. The van der Waals surface area contributed by atoms with Crippen molar-refractivity contribution in [3.63, 3.8) is 0 Å². The van der Waals surface area contributed by atoms with Gasteiger partial charge in [-0.25, -0.2) is 4.39 Å². The van der Waals surface area contributed by atoms with Crippen molar-refractivity contribution in [3.05, 3.63) is 95.1 Å². The summed E-state index contributed by atoms with van der Waals surface area (Å²) in [5.74, 6) is 0.834. The van der Waals surface area contributed by atoms with Gasteiger partial charge < -0.3 is 29.0 Å². The van der Waals surface area contributed by atoms with Crippen molar-refractivity contribution in [2.75, 3.05) is 0 Å². The van der Waals surface area contributed by atoms with E-state index in [1.807, 2.05) is 0 Å². The molecule has 0 aliphatic carbocycles. The number of alkyl halides is 3. The fourth-order valence-electron chi connectivity index (χ4n) is 3.03. The van der Waals surface area contributed by atoms with Gasteiger partial charge in [-0.3, -0.25) is 9.13 Å². The molecule has 0 saturated carbocycles. The third-order valence-corrected chi connectivity index (χ3v) is 7.65. The topological polar surface area (TPSA) is 134 Å². The molecule has 8 nitrogen and oxygen atoms in total. The van der Waals surface area contributed by atoms with Crippen LogP contribution in [0.15, 0.2) is 72.8 Å². The zero-order valence-corrected chi connectivity index (χ0v) is 20.6. The van der Waals surface area contributed by atoms with Crippen LogP contribution in [0.25, 0.3) is 0 Å². The van der Waals surface area contributed by atoms with Crippen molar-refractivity contribution in [3.8, 4) is 11.5 Å². The summed E-state index contributed by atoms with van der Waals surface area (Å²) in [6, 6.07) is 16.5. The van der Waals surface area contributed by atoms with E-state index in [0.717, 1.165) is 19.1 Å². The lowest BCUT2D eigenvalue weighted by Gasteiger charge is -2.22. The second kappa shape index (κ2) is 10.4. The fraction of sp³-hybridized carbons (Fsp3) is 0.217. The van der Waals surface area contributed by atoms with E-state index in [4.69, 9.17) is 19.3 Å². The maximum Gasteiger partial charge on any atom is 0.399 e. The van der Waals surface area contributed by atoms with Gasteiger partial charge in [-0.2, -0.15) is 8.78 Å². The Balaban J connectivity index is 1.59. The maximum absolute atomic E-state index is 14.4. The van der Waals surface area contributed by atoms with Crippen LogP contribution < -0.4 is 9.47 Å². The summed E-state index contributed by atoms with van der Waals surface area (Å²) in [5.41, 5.74) is -4.14. The van der Waals surface area contributed by atoms with Crippen molar-refractivity contribution in [2.45, 2.75) is 31.2 Å². The molecule has 0 bridgehead atoms. The van der Waals surface area contributed by atoms with Gasteiger partial charge in [0.1, 0.15) is 24.7 Å². The second-order valence-corrected chi connectivity index (χ2v) is 11.6. The Labute approximate surface area is 204 Å². The van der Waals surface area contributed by atoms with Crippen LogP contribution in [0.3, 0.4) is 0 Å². The van der Waals surface area contributed by atoms with Gasteiger partial charge in [-0.15, -0.1) is 0 Å². The molecule has 0 aliphatic heterocycles. The molecule has 0 heterocycles. The highest BCUT2D eigenvalue weighted by molar-refractivity contribution is 7.53. The molecule has 3 rings (SSSR count). The van der Waals surface area contributed by atoms with Crippen molar-refractivity contribution >= 4 is 15.2 Å². The standard InChI is InChI=1S/C23H23F3O8P2/c1-22(24,35(27,28)29)18-9-5-16(6-10-18)14-33-20-3-2-4-21(13-20)34-15-17-7-11-19(12-8-17)23(25,26)36(30,31)32/h2-13H,14-15H2,1H3,(H2,27,28,29)(H2,30,31,32). The minimum absolute atomic E-state index is 0.00571. The average Bonchev–Trinajstić information content (AvgIpc) is 2.81. The summed E-state index contributed by atoms with van der Waals surface area (Å²) >= 11 is 0. The Kier molecular flexibility index (Phi) is 8.05. The van der Waals surface area contributed by atoms with Gasteiger partial charge in [0.2, 0.25) is 5.41 Å². The minimum atomic E-state index is -5.65. The smallest absolute Gasteiger partial charge is 0.399 e. The minimum Gasteiger partial charge on any atom is -0.489 e. The first-order valence-electron chi connectivity index (χ1n) is 10.3. The van der Waals surface area contributed by atoms with Gasteiger partial charge >= 0.3 is 20.9 Å². The number of hydrogen-bond donors (Lipinski definition) is 4. The SMILES string of the molecule is CC(F)(c1ccc(COc2cccc(OCc3ccc(C(F)(F)P(=O)(O)O)cc3)c2)cc1)P(=O)(O)O. The summed E-state index contributed by atoms with van der Waals surface area (Å²) in [6.45, 7) is 0.892. The van der Waals surface area contributed by atoms with Crippen LogP contribution in [0.1, 0.15) is 29.2 Å². The maximum atomic E-state index is 14.4. The van der Waals surface area contributed by atoms with Crippen molar-refractivity contribution < 1.29 is 51.3 Å². The Morgan fingerprint density at radius 1 is 0.694 bits per heavy atom. The Morgan fingerprint density at radius 3 is 1.50 bits per heavy atom. The molecule has 0 aliphatic rings. The largest absolute Gasteiger partial charge is 0.489 e. The molecule has 4 N–H and O–H groups in total. The van der Waals surface area contributed by atoms with Gasteiger partial charge in [0, 0.05) is 17.2 Å². The monoisotopic (exact) mass is 546 g/mol. The number of ether oxygens (including phenoxy) is 2. The van der Waals surface area contributed by atoms with Gasteiger partial charge in [-0.05, 0) is 30.2 Å². The van der Waals surface area contributed by atoms with Crippen molar-refractivity contribution in [1.82, 2.24) is 0 Å². The van der Waals surface area contributed by atoms with E-state index in [2.05, 4.69) is 0 Å². The molecule has 0 amide bonds. The van der Waals surface area contributed by atoms with Gasteiger partial charge in [0.25, 0.3) is 0 Å². The molecule has 0 spiro atoms. The highest BCUT2D eigenvalue weighted by Gasteiger charge is 2.50. The molecule has 3 aromatic carbocycles. The normalized spacial score (nSPS) is 14.2. The summed E-state index contributed by atoms with van der Waals surface area (Å²) in [5, 5.41) is -2.81. The fourth-order valence-corrected chi connectivity index (χ4v) is 4.00. The predicted octanol–water partition coefficient (Wildman–Crippen LogP) is 5.39. The van der Waals surface area contributed by atoms with Gasteiger partial charge in [0.05, 0.1) is 0 Å². The Morgan fingerprint density at radius 2 is 1.11 bits per heavy atom. The number of hydrogen-bond acceptors (Lipinski definition) is 4. The van der Waals surface area contributed by atoms with Crippen LogP contribution >= 0.6 is 15.2 Å². The molecular formula is C23H23F3O8P2. The van der Waals surface area contributed by atoms with Crippen LogP contribution in [0, 0.1) is 0 Å². The van der Waals surface area contributed by atoms with Gasteiger partial charge in [-0.1, -0.05) is 54.6 Å². The molecule has 36 heavy (non-hydrogen) atoms. The third kappa shape index (κ3) is 6.37. The molecule has 1 unspecified atom stereocenters. The van der Waals surface area contributed by atoms with E-state index < -0.39 is 31.8 Å². The van der Waals surface area contributed by atoms with Crippen LogP contribution in [0.2, 0.25) is 0 Å². The summed E-state index contributed by atoms with van der Waals surface area (Å²) < 4.78 is 75.5. The first-order valence-corrected chi connectivity index (χ1v) is 13.6. The first kappa shape index (κ1) is 27.9. The van der Waals surface area contributed by atoms with E-state index in [1.165, 1.54) is 36.4 Å². The van der Waals surface area contributed by atoms with E-state index in [-0.39, 0.29) is 18.8 Å². The number of halogens is 3. The molecule has 13 heteroatoms. The van der Waals surface area contributed by atoms with Crippen LogP contribution in [0.4, 0.5) is 13.2 Å². The Bertz CT molecular complexity index is 1190. The molecule has 0 fully saturated rings. The Hall–Kier alpha value is -2.65. The number of benzene rings is 3. The van der Waals surface area contributed by atoms with Crippen LogP contribution in [-0.2, 0) is 33.4 Å². The van der Waals surface area contributed by atoms with E-state index >= 15 is 0 Å². The quantitative estimate of drug-likeness (QED) is 0.249. The summed E-state index contributed by atoms with van der Waals surface area (Å²) in [4.78, 5) is 36.0. The molecule has 3 aromatic rings. The lowest BCUT2D eigenvalue weighted by Crippen LogP contribution is -2.15. The van der Waals surface area contributed by atoms with Crippen LogP contribution in [-0.4, -0.2) is 19.6 Å². The highest BCUT2D eigenvalue weighted by Crippen LogP contribution is 2.59. The summed E-state index contributed by atoms with van der Waals surface area (Å²) in [7, 11) is -10.6. The molecule has 0 saturated heterocycles. The van der Waals surface area contributed by atoms with E-state index in [0.29, 0.717) is 22.6 Å². The zero-order valence-electron chi connectivity index (χ0n) is 18.8. The molecular weight excluding hydrogens is 523 g/mol. The predicted molar refractivity (Wildman–Crippen MR) is 124 cm³/mol.